The second-order valence-corrected chi connectivity index (χ2v) is 5.60. The molecule has 5 nitrogen and oxygen atoms in total. The van der Waals surface area contributed by atoms with Crippen LogP contribution < -0.4 is 0 Å². The lowest BCUT2D eigenvalue weighted by Gasteiger charge is -2.27. The van der Waals surface area contributed by atoms with Crippen molar-refractivity contribution in [3.8, 4) is 0 Å². The first-order chi connectivity index (χ1) is 10.1. The number of hydrogen-bond donors (Lipinski definition) is 0. The molecule has 0 radical (unpaired) electrons. The fourth-order valence-electron chi connectivity index (χ4n) is 2.62. The average molecular weight is 305 g/mol. The molecule has 2 aromatic heterocycles. The fraction of sp³-hybridized carbons (Fsp3) is 0.400. The van der Waals surface area contributed by atoms with Gasteiger partial charge in [0.15, 0.2) is 0 Å². The van der Waals surface area contributed by atoms with Crippen molar-refractivity contribution in [2.75, 3.05) is 6.54 Å². The number of carbonyl (C=O) groups excluding carboxylic acids is 1. The summed E-state index contributed by atoms with van der Waals surface area (Å²) >= 11 is 6.03. The van der Waals surface area contributed by atoms with E-state index in [0.29, 0.717) is 24.8 Å². The molecule has 21 heavy (non-hydrogen) atoms. The Morgan fingerprint density at radius 2 is 2.33 bits per heavy atom. The topological polar surface area (TPSA) is 51.0 Å². The molecule has 6 heteroatoms. The standard InChI is InChI=1S/C15H17ClN4O/c1-19-13-10-20(8-6-12(13)18-15(19)16)14(21)5-4-11-3-2-7-17-9-11/h2-3,7,9H,4-6,8,10H2,1H3. The lowest BCUT2D eigenvalue weighted by Crippen LogP contribution is -2.36. The van der Waals surface area contributed by atoms with Gasteiger partial charge in [-0.2, -0.15) is 0 Å². The molecule has 0 saturated carbocycles. The number of halogens is 1. The van der Waals surface area contributed by atoms with E-state index in [0.717, 1.165) is 29.8 Å². The van der Waals surface area contributed by atoms with Crippen molar-refractivity contribution >= 4 is 17.5 Å². The maximum Gasteiger partial charge on any atom is 0.223 e. The molecule has 0 aliphatic carbocycles. The highest BCUT2D eigenvalue weighted by molar-refractivity contribution is 6.28. The van der Waals surface area contributed by atoms with Crippen molar-refractivity contribution in [2.45, 2.75) is 25.8 Å². The molecule has 1 aliphatic rings. The lowest BCUT2D eigenvalue weighted by atomic mass is 10.1. The summed E-state index contributed by atoms with van der Waals surface area (Å²) in [5.41, 5.74) is 3.15. The number of aromatic nitrogens is 3. The molecule has 0 saturated heterocycles. The molecular formula is C15H17ClN4O. The highest BCUT2D eigenvalue weighted by Crippen LogP contribution is 2.22. The maximum absolute atomic E-state index is 12.3. The number of pyridine rings is 1. The van der Waals surface area contributed by atoms with Crippen LogP contribution in [0.15, 0.2) is 24.5 Å². The fourth-order valence-corrected chi connectivity index (χ4v) is 2.83. The molecule has 110 valence electrons. The van der Waals surface area contributed by atoms with Crippen LogP contribution in [0, 0.1) is 0 Å². The Hall–Kier alpha value is -1.88. The predicted molar refractivity (Wildman–Crippen MR) is 79.9 cm³/mol. The highest BCUT2D eigenvalue weighted by Gasteiger charge is 2.24. The maximum atomic E-state index is 12.3. The molecule has 0 atom stereocenters. The van der Waals surface area contributed by atoms with Gasteiger partial charge in [-0.25, -0.2) is 4.98 Å². The van der Waals surface area contributed by atoms with Crippen molar-refractivity contribution in [1.82, 2.24) is 19.4 Å². The summed E-state index contributed by atoms with van der Waals surface area (Å²) in [5.74, 6) is 0.168. The van der Waals surface area contributed by atoms with Gasteiger partial charge in [0, 0.05) is 38.8 Å². The minimum atomic E-state index is 0.168. The summed E-state index contributed by atoms with van der Waals surface area (Å²) in [5, 5.41) is 0.490. The molecule has 0 fully saturated rings. The molecule has 0 aromatic carbocycles. The van der Waals surface area contributed by atoms with Crippen LogP contribution in [0.1, 0.15) is 23.4 Å². The van der Waals surface area contributed by atoms with Crippen LogP contribution in [-0.4, -0.2) is 31.9 Å². The zero-order valence-corrected chi connectivity index (χ0v) is 12.7. The van der Waals surface area contributed by atoms with Gasteiger partial charge < -0.3 is 9.47 Å². The summed E-state index contributed by atoms with van der Waals surface area (Å²) in [6.07, 6.45) is 5.55. The quantitative estimate of drug-likeness (QED) is 0.871. The number of nitrogens with zero attached hydrogens (tertiary/aromatic N) is 4. The summed E-state index contributed by atoms with van der Waals surface area (Å²) in [4.78, 5) is 22.6. The van der Waals surface area contributed by atoms with Gasteiger partial charge in [-0.1, -0.05) is 6.07 Å². The molecule has 0 bridgehead atoms. The highest BCUT2D eigenvalue weighted by atomic mass is 35.5. The van der Waals surface area contributed by atoms with Crippen LogP contribution >= 0.6 is 11.6 Å². The van der Waals surface area contributed by atoms with E-state index in [2.05, 4.69) is 9.97 Å². The van der Waals surface area contributed by atoms with E-state index in [9.17, 15) is 4.79 Å². The summed E-state index contributed by atoms with van der Waals surface area (Å²) in [7, 11) is 1.89. The molecule has 0 N–H and O–H groups in total. The summed E-state index contributed by atoms with van der Waals surface area (Å²) < 4.78 is 1.86. The van der Waals surface area contributed by atoms with E-state index in [1.807, 2.05) is 34.8 Å². The largest absolute Gasteiger partial charge is 0.336 e. The molecule has 1 aliphatic heterocycles. The Morgan fingerprint density at radius 3 is 3.10 bits per heavy atom. The van der Waals surface area contributed by atoms with Gasteiger partial charge in [0.25, 0.3) is 0 Å². The molecule has 1 amide bonds. The molecule has 3 rings (SSSR count). The Morgan fingerprint density at radius 1 is 1.48 bits per heavy atom. The first kappa shape index (κ1) is 14.1. The minimum absolute atomic E-state index is 0.168. The molecule has 0 unspecified atom stereocenters. The normalized spacial score (nSPS) is 14.1. The van der Waals surface area contributed by atoms with Gasteiger partial charge in [0.2, 0.25) is 11.2 Å². The van der Waals surface area contributed by atoms with E-state index in [4.69, 9.17) is 11.6 Å². The first-order valence-corrected chi connectivity index (χ1v) is 7.39. The van der Waals surface area contributed by atoms with Crippen LogP contribution in [0.25, 0.3) is 0 Å². The average Bonchev–Trinajstić information content (AvgIpc) is 2.80. The number of amides is 1. The van der Waals surface area contributed by atoms with Crippen molar-refractivity contribution in [2.24, 2.45) is 7.05 Å². The van der Waals surface area contributed by atoms with Crippen molar-refractivity contribution in [3.05, 3.63) is 46.8 Å². The van der Waals surface area contributed by atoms with E-state index < -0.39 is 0 Å². The number of aryl methyl sites for hydroxylation is 1. The smallest absolute Gasteiger partial charge is 0.223 e. The van der Waals surface area contributed by atoms with Gasteiger partial charge in [-0.05, 0) is 29.7 Å². The third-order valence-corrected chi connectivity index (χ3v) is 4.24. The predicted octanol–water partition coefficient (Wildman–Crippen LogP) is 1.99. The van der Waals surface area contributed by atoms with Crippen LogP contribution in [0.4, 0.5) is 0 Å². The van der Waals surface area contributed by atoms with Gasteiger partial charge in [0.05, 0.1) is 17.9 Å². The number of rotatable bonds is 3. The number of hydrogen-bond acceptors (Lipinski definition) is 3. The monoisotopic (exact) mass is 304 g/mol. The van der Waals surface area contributed by atoms with Gasteiger partial charge in [0.1, 0.15) is 0 Å². The summed E-state index contributed by atoms with van der Waals surface area (Å²) in [6, 6.07) is 3.89. The number of imidazole rings is 1. The molecular weight excluding hydrogens is 288 g/mol. The van der Waals surface area contributed by atoms with E-state index >= 15 is 0 Å². The Bertz CT molecular complexity index is 653. The molecule has 0 spiro atoms. The molecule has 3 heterocycles. The van der Waals surface area contributed by atoms with Gasteiger partial charge >= 0.3 is 0 Å². The molecule has 2 aromatic rings. The zero-order chi connectivity index (χ0) is 14.8. The van der Waals surface area contributed by atoms with E-state index in [1.54, 1.807) is 6.20 Å². The van der Waals surface area contributed by atoms with E-state index in [1.165, 1.54) is 0 Å². The van der Waals surface area contributed by atoms with E-state index in [-0.39, 0.29) is 5.91 Å². The van der Waals surface area contributed by atoms with Crippen molar-refractivity contribution in [1.29, 1.82) is 0 Å². The first-order valence-electron chi connectivity index (χ1n) is 7.02. The third kappa shape index (κ3) is 2.93. The summed E-state index contributed by atoms with van der Waals surface area (Å²) in [6.45, 7) is 1.31. The Labute approximate surface area is 128 Å². The van der Waals surface area contributed by atoms with Crippen LogP contribution in [-0.2, 0) is 31.2 Å². The lowest BCUT2D eigenvalue weighted by molar-refractivity contribution is -0.132. The number of fused-ring (bicyclic) bond motifs is 1. The Kier molecular flexibility index (Phi) is 3.92. The van der Waals surface area contributed by atoms with Crippen LogP contribution in [0.2, 0.25) is 5.28 Å². The van der Waals surface area contributed by atoms with Crippen molar-refractivity contribution in [3.63, 3.8) is 0 Å². The Balaban J connectivity index is 1.63. The minimum Gasteiger partial charge on any atom is -0.336 e. The van der Waals surface area contributed by atoms with Crippen LogP contribution in [0.3, 0.4) is 0 Å². The van der Waals surface area contributed by atoms with Gasteiger partial charge in [-0.15, -0.1) is 0 Å². The zero-order valence-electron chi connectivity index (χ0n) is 11.9. The second kappa shape index (κ2) is 5.85. The van der Waals surface area contributed by atoms with Gasteiger partial charge in [-0.3, -0.25) is 9.78 Å². The third-order valence-electron chi connectivity index (χ3n) is 3.90. The number of carbonyl (C=O) groups is 1. The van der Waals surface area contributed by atoms with Crippen LogP contribution in [0.5, 0.6) is 0 Å². The van der Waals surface area contributed by atoms with Crippen molar-refractivity contribution < 1.29 is 4.79 Å². The second-order valence-electron chi connectivity index (χ2n) is 5.26. The SMILES string of the molecule is Cn1c(Cl)nc2c1CN(C(=O)CCc1cccnc1)CC2.